The van der Waals surface area contributed by atoms with Crippen LogP contribution in [-0.4, -0.2) is 11.1 Å². The predicted octanol–water partition coefficient (Wildman–Crippen LogP) is 3.42. The molecule has 2 aliphatic rings. The number of rotatable bonds is 4. The predicted molar refractivity (Wildman–Crippen MR) is 86.6 cm³/mol. The van der Waals surface area contributed by atoms with Crippen molar-refractivity contribution in [2.24, 2.45) is 5.92 Å². The van der Waals surface area contributed by atoms with Gasteiger partial charge in [-0.15, -0.1) is 0 Å². The molecule has 1 atom stereocenters. The van der Waals surface area contributed by atoms with Crippen LogP contribution >= 0.6 is 0 Å². The highest BCUT2D eigenvalue weighted by molar-refractivity contribution is 5.27. The molecule has 1 aromatic rings. The number of hydrogen-bond donors (Lipinski definition) is 1. The molecule has 0 amide bonds. The van der Waals surface area contributed by atoms with Crippen molar-refractivity contribution in [3.05, 3.63) is 33.7 Å². The standard InChI is InChI=1S/C18H28N2O/c1-2-19-16-9-6-10-17-15(16)11-12-18(21)20(17)13-14-7-4-3-5-8-14/h11-12,14,16,19H,2-10,13H2,1H3. The van der Waals surface area contributed by atoms with Gasteiger partial charge in [0, 0.05) is 24.3 Å². The van der Waals surface area contributed by atoms with Crippen LogP contribution in [0.3, 0.4) is 0 Å². The summed E-state index contributed by atoms with van der Waals surface area (Å²) in [5.74, 6) is 0.711. The fraction of sp³-hybridized carbons (Fsp3) is 0.722. The van der Waals surface area contributed by atoms with Crippen molar-refractivity contribution in [2.45, 2.75) is 70.9 Å². The van der Waals surface area contributed by atoms with E-state index in [0.29, 0.717) is 12.0 Å². The van der Waals surface area contributed by atoms with E-state index in [-0.39, 0.29) is 5.56 Å². The third-order valence-corrected chi connectivity index (χ3v) is 5.23. The van der Waals surface area contributed by atoms with Gasteiger partial charge in [-0.1, -0.05) is 32.3 Å². The average Bonchev–Trinajstić information content (AvgIpc) is 2.52. The molecule has 2 aliphatic carbocycles. The Kier molecular flexibility index (Phi) is 4.79. The molecule has 3 heteroatoms. The van der Waals surface area contributed by atoms with Gasteiger partial charge in [0.15, 0.2) is 0 Å². The molecule has 116 valence electrons. The number of nitrogens with zero attached hydrogens (tertiary/aromatic N) is 1. The summed E-state index contributed by atoms with van der Waals surface area (Å²) >= 11 is 0. The van der Waals surface area contributed by atoms with Crippen LogP contribution in [0, 0.1) is 5.92 Å². The molecule has 1 heterocycles. The van der Waals surface area contributed by atoms with Crippen molar-refractivity contribution in [2.75, 3.05) is 6.54 Å². The first-order valence-corrected chi connectivity index (χ1v) is 8.75. The van der Waals surface area contributed by atoms with Gasteiger partial charge in [-0.2, -0.15) is 0 Å². The Morgan fingerprint density at radius 2 is 1.95 bits per heavy atom. The molecule has 1 N–H and O–H groups in total. The molecule has 1 unspecified atom stereocenters. The van der Waals surface area contributed by atoms with E-state index < -0.39 is 0 Å². The molecule has 0 aliphatic heterocycles. The fourth-order valence-corrected chi connectivity index (χ4v) is 4.15. The first-order valence-electron chi connectivity index (χ1n) is 8.75. The summed E-state index contributed by atoms with van der Waals surface area (Å²) < 4.78 is 2.11. The minimum absolute atomic E-state index is 0.205. The summed E-state index contributed by atoms with van der Waals surface area (Å²) in [6.45, 7) is 4.10. The zero-order valence-corrected chi connectivity index (χ0v) is 13.2. The summed E-state index contributed by atoms with van der Waals surface area (Å²) in [7, 11) is 0. The highest BCUT2D eigenvalue weighted by Crippen LogP contribution is 2.30. The topological polar surface area (TPSA) is 34.0 Å². The van der Waals surface area contributed by atoms with E-state index in [2.05, 4.69) is 22.9 Å². The molecule has 1 fully saturated rings. The Labute approximate surface area is 127 Å². The molecule has 0 aromatic carbocycles. The maximum absolute atomic E-state index is 12.4. The van der Waals surface area contributed by atoms with Crippen LogP contribution in [0.2, 0.25) is 0 Å². The number of hydrogen-bond acceptors (Lipinski definition) is 2. The molecule has 0 radical (unpaired) electrons. The van der Waals surface area contributed by atoms with Crippen molar-refractivity contribution in [1.29, 1.82) is 0 Å². The van der Waals surface area contributed by atoms with E-state index in [1.54, 1.807) is 6.07 Å². The van der Waals surface area contributed by atoms with Crippen molar-refractivity contribution in [1.82, 2.24) is 9.88 Å². The highest BCUT2D eigenvalue weighted by Gasteiger charge is 2.24. The molecule has 3 nitrogen and oxygen atoms in total. The lowest BCUT2D eigenvalue weighted by Gasteiger charge is -2.30. The summed E-state index contributed by atoms with van der Waals surface area (Å²) in [6, 6.07) is 4.30. The molecule has 0 saturated heterocycles. The Morgan fingerprint density at radius 1 is 1.14 bits per heavy atom. The van der Waals surface area contributed by atoms with Gasteiger partial charge in [-0.05, 0) is 50.1 Å². The maximum atomic E-state index is 12.4. The average molecular weight is 288 g/mol. The largest absolute Gasteiger partial charge is 0.312 e. The Bertz CT molecular complexity index is 529. The molecule has 0 bridgehead atoms. The monoisotopic (exact) mass is 288 g/mol. The van der Waals surface area contributed by atoms with Crippen LogP contribution in [0.25, 0.3) is 0 Å². The van der Waals surface area contributed by atoms with E-state index in [0.717, 1.165) is 19.5 Å². The number of nitrogens with one attached hydrogen (secondary N) is 1. The Morgan fingerprint density at radius 3 is 2.71 bits per heavy atom. The number of pyridine rings is 1. The molecule has 1 saturated carbocycles. The zero-order valence-electron chi connectivity index (χ0n) is 13.2. The van der Waals surface area contributed by atoms with E-state index in [1.165, 1.54) is 56.2 Å². The van der Waals surface area contributed by atoms with Gasteiger partial charge in [0.2, 0.25) is 0 Å². The molecule has 3 rings (SSSR count). The fourth-order valence-electron chi connectivity index (χ4n) is 4.15. The van der Waals surface area contributed by atoms with Gasteiger partial charge in [0.25, 0.3) is 5.56 Å². The van der Waals surface area contributed by atoms with E-state index in [4.69, 9.17) is 0 Å². The summed E-state index contributed by atoms with van der Waals surface area (Å²) in [4.78, 5) is 12.4. The van der Waals surface area contributed by atoms with Crippen molar-refractivity contribution in [3.63, 3.8) is 0 Å². The first kappa shape index (κ1) is 14.8. The number of aromatic nitrogens is 1. The second-order valence-electron chi connectivity index (χ2n) is 6.69. The molecule has 0 spiro atoms. The maximum Gasteiger partial charge on any atom is 0.250 e. The van der Waals surface area contributed by atoms with Crippen LogP contribution in [-0.2, 0) is 13.0 Å². The quantitative estimate of drug-likeness (QED) is 0.921. The summed E-state index contributed by atoms with van der Waals surface area (Å²) in [5, 5.41) is 3.58. The highest BCUT2D eigenvalue weighted by atomic mass is 16.1. The van der Waals surface area contributed by atoms with Crippen LogP contribution in [0.15, 0.2) is 16.9 Å². The van der Waals surface area contributed by atoms with Gasteiger partial charge < -0.3 is 9.88 Å². The first-order chi connectivity index (χ1) is 10.3. The SMILES string of the molecule is CCNC1CCCc2c1ccc(=O)n2CC1CCCCC1. The van der Waals surface area contributed by atoms with Gasteiger partial charge in [0.1, 0.15) is 0 Å². The van der Waals surface area contributed by atoms with Crippen LogP contribution in [0.1, 0.15) is 69.2 Å². The lowest BCUT2D eigenvalue weighted by atomic mass is 9.87. The van der Waals surface area contributed by atoms with E-state index >= 15 is 0 Å². The van der Waals surface area contributed by atoms with Crippen LogP contribution < -0.4 is 10.9 Å². The smallest absolute Gasteiger partial charge is 0.250 e. The Balaban J connectivity index is 1.88. The molecular formula is C18H28N2O. The lowest BCUT2D eigenvalue weighted by molar-refractivity contribution is 0.309. The second kappa shape index (κ2) is 6.78. The van der Waals surface area contributed by atoms with Crippen molar-refractivity contribution < 1.29 is 0 Å². The normalized spacial score (nSPS) is 23.0. The summed E-state index contributed by atoms with van der Waals surface area (Å²) in [5.41, 5.74) is 2.89. The third-order valence-electron chi connectivity index (χ3n) is 5.23. The van der Waals surface area contributed by atoms with Crippen LogP contribution in [0.5, 0.6) is 0 Å². The second-order valence-corrected chi connectivity index (χ2v) is 6.69. The minimum atomic E-state index is 0.205. The molecule has 21 heavy (non-hydrogen) atoms. The summed E-state index contributed by atoms with van der Waals surface area (Å²) in [6.07, 6.45) is 10.1. The zero-order chi connectivity index (χ0) is 14.7. The van der Waals surface area contributed by atoms with Crippen molar-refractivity contribution >= 4 is 0 Å². The van der Waals surface area contributed by atoms with Gasteiger partial charge in [-0.3, -0.25) is 4.79 Å². The Hall–Kier alpha value is -1.09. The van der Waals surface area contributed by atoms with Crippen LogP contribution in [0.4, 0.5) is 0 Å². The minimum Gasteiger partial charge on any atom is -0.312 e. The lowest BCUT2D eigenvalue weighted by Crippen LogP contribution is -2.33. The van der Waals surface area contributed by atoms with Crippen molar-refractivity contribution in [3.8, 4) is 0 Å². The molecular weight excluding hydrogens is 260 g/mol. The van der Waals surface area contributed by atoms with Gasteiger partial charge in [0.05, 0.1) is 0 Å². The number of fused-ring (bicyclic) bond motifs is 1. The molecule has 1 aromatic heterocycles. The van der Waals surface area contributed by atoms with E-state index in [9.17, 15) is 4.79 Å². The third kappa shape index (κ3) is 3.23. The van der Waals surface area contributed by atoms with E-state index in [1.807, 2.05) is 0 Å². The van der Waals surface area contributed by atoms with Gasteiger partial charge in [-0.25, -0.2) is 0 Å². The van der Waals surface area contributed by atoms with Gasteiger partial charge >= 0.3 is 0 Å².